The lowest BCUT2D eigenvalue weighted by Gasteiger charge is -2.04. The molecule has 0 N–H and O–H groups in total. The molecule has 0 aliphatic carbocycles. The number of fused-ring (bicyclic) bond motifs is 1. The predicted octanol–water partition coefficient (Wildman–Crippen LogP) is 4.03. The van der Waals surface area contributed by atoms with Crippen molar-refractivity contribution in [1.29, 1.82) is 0 Å². The first-order valence-corrected chi connectivity index (χ1v) is 7.78. The van der Waals surface area contributed by atoms with Gasteiger partial charge in [0.1, 0.15) is 18.1 Å². The molecule has 3 rings (SSSR count). The van der Waals surface area contributed by atoms with Crippen LogP contribution in [0.5, 0.6) is 11.5 Å². The van der Waals surface area contributed by atoms with Crippen LogP contribution in [-0.2, 0) is 4.79 Å². The maximum absolute atomic E-state index is 12.3. The number of halogens is 1. The summed E-state index contributed by atoms with van der Waals surface area (Å²) in [5, 5.41) is 0. The Hall–Kier alpha value is -2.40. The van der Waals surface area contributed by atoms with Crippen LogP contribution in [0.4, 0.5) is 0 Å². The fraction of sp³-hybridized carbons (Fsp3) is 0.111. The molecule has 0 saturated carbocycles. The molecule has 2 aromatic rings. The van der Waals surface area contributed by atoms with Gasteiger partial charge in [0.25, 0.3) is 0 Å². The van der Waals surface area contributed by atoms with Gasteiger partial charge in [0, 0.05) is 10.5 Å². The monoisotopic (exact) mass is 372 g/mol. The van der Waals surface area contributed by atoms with Crippen molar-refractivity contribution in [2.24, 2.45) is 0 Å². The summed E-state index contributed by atoms with van der Waals surface area (Å²) in [7, 11) is 0. The average molecular weight is 373 g/mol. The van der Waals surface area contributed by atoms with Gasteiger partial charge >= 0.3 is 0 Å². The minimum atomic E-state index is -0.166. The second-order valence-corrected chi connectivity index (χ2v) is 6.06. The van der Waals surface area contributed by atoms with E-state index >= 15 is 0 Å². The normalized spacial score (nSPS) is 14.5. The molecule has 0 unspecified atom stereocenters. The van der Waals surface area contributed by atoms with Crippen molar-refractivity contribution in [2.75, 3.05) is 6.61 Å². The van der Waals surface area contributed by atoms with Crippen molar-refractivity contribution in [3.63, 3.8) is 0 Å². The lowest BCUT2D eigenvalue weighted by atomic mass is 10.1. The number of benzene rings is 2. The topological polar surface area (TPSA) is 52.6 Å². The first-order valence-electron chi connectivity index (χ1n) is 6.99. The van der Waals surface area contributed by atoms with Gasteiger partial charge in [0.05, 0.1) is 5.56 Å². The molecule has 0 fully saturated rings. The third-order valence-electron chi connectivity index (χ3n) is 3.25. The standard InChI is InChI=1S/C18H13BrO4/c1-11(20)10-22-14-6-7-15-16(9-14)23-17(18(15)21)8-12-2-4-13(19)5-3-12/h2-9H,10H2,1H3/b17-8-. The maximum Gasteiger partial charge on any atom is 0.231 e. The molecule has 0 atom stereocenters. The van der Waals surface area contributed by atoms with Crippen molar-refractivity contribution in [1.82, 2.24) is 0 Å². The van der Waals surface area contributed by atoms with E-state index in [9.17, 15) is 9.59 Å². The van der Waals surface area contributed by atoms with Crippen LogP contribution in [0.1, 0.15) is 22.8 Å². The summed E-state index contributed by atoms with van der Waals surface area (Å²) in [5.74, 6) is 0.974. The summed E-state index contributed by atoms with van der Waals surface area (Å²) in [6.45, 7) is 1.45. The third kappa shape index (κ3) is 3.51. The summed E-state index contributed by atoms with van der Waals surface area (Å²) in [5.41, 5.74) is 1.36. The Labute approximate surface area is 141 Å². The molecule has 1 aliphatic heterocycles. The van der Waals surface area contributed by atoms with Crippen LogP contribution in [-0.4, -0.2) is 18.2 Å². The van der Waals surface area contributed by atoms with Gasteiger partial charge < -0.3 is 9.47 Å². The number of ketones is 2. The Morgan fingerprint density at radius 1 is 1.22 bits per heavy atom. The van der Waals surface area contributed by atoms with Crippen LogP contribution < -0.4 is 9.47 Å². The van der Waals surface area contributed by atoms with Gasteiger partial charge in [-0.3, -0.25) is 9.59 Å². The molecule has 0 radical (unpaired) electrons. The zero-order valence-electron chi connectivity index (χ0n) is 12.3. The number of carbonyl (C=O) groups excluding carboxylic acids is 2. The van der Waals surface area contributed by atoms with Crippen molar-refractivity contribution in [2.45, 2.75) is 6.92 Å². The predicted molar refractivity (Wildman–Crippen MR) is 89.7 cm³/mol. The number of Topliss-reactive ketones (excluding diaryl/α,β-unsaturated/α-hetero) is 2. The van der Waals surface area contributed by atoms with E-state index in [0.29, 0.717) is 17.1 Å². The van der Waals surface area contributed by atoms with Crippen molar-refractivity contribution < 1.29 is 19.1 Å². The van der Waals surface area contributed by atoms with Crippen LogP contribution >= 0.6 is 15.9 Å². The van der Waals surface area contributed by atoms with Crippen LogP contribution in [0, 0.1) is 0 Å². The van der Waals surface area contributed by atoms with E-state index in [1.165, 1.54) is 6.92 Å². The molecule has 5 heteroatoms. The molecule has 23 heavy (non-hydrogen) atoms. The van der Waals surface area contributed by atoms with Gasteiger partial charge in [0.2, 0.25) is 5.78 Å². The Morgan fingerprint density at radius 2 is 1.96 bits per heavy atom. The zero-order valence-corrected chi connectivity index (χ0v) is 13.9. The van der Waals surface area contributed by atoms with Gasteiger partial charge in [0.15, 0.2) is 11.5 Å². The molecule has 2 aromatic carbocycles. The molecule has 0 aromatic heterocycles. The lowest BCUT2D eigenvalue weighted by Crippen LogP contribution is -2.06. The van der Waals surface area contributed by atoms with E-state index in [1.807, 2.05) is 24.3 Å². The number of rotatable bonds is 4. The number of allylic oxidation sites excluding steroid dienone is 1. The Kier molecular flexibility index (Phi) is 4.30. The van der Waals surface area contributed by atoms with E-state index in [0.717, 1.165) is 10.0 Å². The maximum atomic E-state index is 12.3. The molecule has 116 valence electrons. The second kappa shape index (κ2) is 6.38. The van der Waals surface area contributed by atoms with Crippen molar-refractivity contribution >= 4 is 33.6 Å². The molecule has 4 nitrogen and oxygen atoms in total. The quantitative estimate of drug-likeness (QED) is 0.760. The highest BCUT2D eigenvalue weighted by molar-refractivity contribution is 9.10. The smallest absolute Gasteiger partial charge is 0.231 e. The Balaban J connectivity index is 1.83. The zero-order chi connectivity index (χ0) is 16.4. The van der Waals surface area contributed by atoms with E-state index in [2.05, 4.69) is 15.9 Å². The first-order chi connectivity index (χ1) is 11.0. The molecule has 1 heterocycles. The van der Waals surface area contributed by atoms with E-state index < -0.39 is 0 Å². The molecule has 1 aliphatic rings. The highest BCUT2D eigenvalue weighted by Gasteiger charge is 2.27. The number of ether oxygens (including phenoxy) is 2. The first kappa shape index (κ1) is 15.5. The second-order valence-electron chi connectivity index (χ2n) is 5.14. The average Bonchev–Trinajstić information content (AvgIpc) is 2.83. The minimum Gasteiger partial charge on any atom is -0.486 e. The third-order valence-corrected chi connectivity index (χ3v) is 3.78. The summed E-state index contributed by atoms with van der Waals surface area (Å²) in [4.78, 5) is 23.3. The van der Waals surface area contributed by atoms with Crippen LogP contribution in [0.3, 0.4) is 0 Å². The van der Waals surface area contributed by atoms with Gasteiger partial charge in [-0.25, -0.2) is 0 Å². The number of hydrogen-bond acceptors (Lipinski definition) is 4. The Bertz CT molecular complexity index is 806. The van der Waals surface area contributed by atoms with Gasteiger partial charge in [-0.1, -0.05) is 28.1 Å². The highest BCUT2D eigenvalue weighted by Crippen LogP contribution is 2.34. The van der Waals surface area contributed by atoms with Crippen LogP contribution in [0.25, 0.3) is 6.08 Å². The minimum absolute atomic E-state index is 0.00563. The van der Waals surface area contributed by atoms with E-state index in [1.54, 1.807) is 24.3 Å². The van der Waals surface area contributed by atoms with Crippen LogP contribution in [0.15, 0.2) is 52.7 Å². The molecular formula is C18H13BrO4. The summed E-state index contributed by atoms with van der Waals surface area (Å²) < 4.78 is 11.9. The lowest BCUT2D eigenvalue weighted by molar-refractivity contribution is -0.118. The van der Waals surface area contributed by atoms with E-state index in [-0.39, 0.29) is 23.9 Å². The van der Waals surface area contributed by atoms with Crippen molar-refractivity contribution in [3.05, 3.63) is 63.8 Å². The molecule has 0 spiro atoms. The van der Waals surface area contributed by atoms with E-state index in [4.69, 9.17) is 9.47 Å². The summed E-state index contributed by atoms with van der Waals surface area (Å²) >= 11 is 3.37. The SMILES string of the molecule is CC(=O)COc1ccc2c(c1)O/C(=C\c1ccc(Br)cc1)C2=O. The number of hydrogen-bond donors (Lipinski definition) is 0. The summed E-state index contributed by atoms with van der Waals surface area (Å²) in [6, 6.07) is 12.5. The van der Waals surface area contributed by atoms with Crippen LogP contribution in [0.2, 0.25) is 0 Å². The molecule has 0 bridgehead atoms. The Morgan fingerprint density at radius 3 is 2.65 bits per heavy atom. The van der Waals surface area contributed by atoms with Crippen molar-refractivity contribution in [3.8, 4) is 11.5 Å². The molecular weight excluding hydrogens is 360 g/mol. The highest BCUT2D eigenvalue weighted by atomic mass is 79.9. The van der Waals surface area contributed by atoms with Gasteiger partial charge in [-0.05, 0) is 42.8 Å². The van der Waals surface area contributed by atoms with Gasteiger partial charge in [-0.15, -0.1) is 0 Å². The number of carbonyl (C=O) groups is 2. The largest absolute Gasteiger partial charge is 0.486 e. The molecule has 0 saturated heterocycles. The fourth-order valence-electron chi connectivity index (χ4n) is 2.15. The fourth-order valence-corrected chi connectivity index (χ4v) is 2.42. The van der Waals surface area contributed by atoms with Gasteiger partial charge in [-0.2, -0.15) is 0 Å². The molecule has 0 amide bonds. The summed E-state index contributed by atoms with van der Waals surface area (Å²) in [6.07, 6.45) is 1.70.